The lowest BCUT2D eigenvalue weighted by Gasteiger charge is -2.21. The van der Waals surface area contributed by atoms with E-state index < -0.39 is 30.4 Å². The van der Waals surface area contributed by atoms with Crippen LogP contribution in [0.1, 0.15) is 22.8 Å². The zero-order valence-electron chi connectivity index (χ0n) is 30.8. The molecule has 298 valence electrons. The van der Waals surface area contributed by atoms with E-state index in [9.17, 15) is 38.9 Å². The van der Waals surface area contributed by atoms with Crippen molar-refractivity contribution in [1.29, 1.82) is 0 Å². The second-order valence-electron chi connectivity index (χ2n) is 14.0. The molecule has 9 rings (SSSR count). The van der Waals surface area contributed by atoms with Crippen molar-refractivity contribution in [3.8, 4) is 44.5 Å². The molecule has 0 unspecified atom stereocenters. The van der Waals surface area contributed by atoms with Gasteiger partial charge in [0.25, 0.3) is 30.4 Å². The normalized spacial score (nSPS) is 12.8. The second-order valence-corrected chi connectivity index (χ2v) is 18.2. The van der Waals surface area contributed by atoms with Crippen molar-refractivity contribution < 1.29 is 38.9 Å². The van der Waals surface area contributed by atoms with Gasteiger partial charge < -0.3 is 9.97 Å². The Morgan fingerprint density at radius 1 is 0.383 bits per heavy atom. The van der Waals surface area contributed by atoms with Crippen LogP contribution in [0.25, 0.3) is 90.9 Å². The number of nitrogens with one attached hydrogen (secondary N) is 2. The summed E-state index contributed by atoms with van der Waals surface area (Å²) >= 11 is 0. The zero-order valence-corrected chi connectivity index (χ0v) is 33.3. The molecule has 4 aromatic carbocycles. The highest BCUT2D eigenvalue weighted by atomic mass is 32.2. The molecular weight excluding hydrogens is 825 g/mol. The van der Waals surface area contributed by atoms with Gasteiger partial charge in [0, 0.05) is 27.6 Å². The van der Waals surface area contributed by atoms with Crippen LogP contribution < -0.4 is 0 Å². The van der Waals surface area contributed by atoms with Gasteiger partial charge in [0.05, 0.1) is 37.5 Å². The van der Waals surface area contributed by atoms with E-state index in [4.69, 9.17) is 9.97 Å². The first-order valence-electron chi connectivity index (χ1n) is 18.1. The number of nitrogens with zero attached hydrogens (tertiary/aromatic N) is 2. The third-order valence-corrected chi connectivity index (χ3v) is 12.6. The fraction of sp³-hybridized carbons (Fsp3) is 0. The van der Waals surface area contributed by atoms with Crippen LogP contribution in [-0.4, -0.2) is 58.8 Å². The molecule has 0 fully saturated rings. The number of hydrogen-bond donors (Lipinski definition) is 5. The van der Waals surface area contributed by atoms with Gasteiger partial charge in [0.15, 0.2) is 0 Å². The first-order valence-corrected chi connectivity index (χ1v) is 22.4. The number of hydrogen-bond acceptors (Lipinski definition) is 8. The molecule has 0 spiro atoms. The largest absolute Gasteiger partial charge is 0.355 e. The molecule has 60 heavy (non-hydrogen) atoms. The number of H-pyrrole nitrogens is 2. The number of rotatable bonds is 7. The summed E-state index contributed by atoms with van der Waals surface area (Å²) in [5, 5.41) is 0. The Morgan fingerprint density at radius 2 is 0.783 bits per heavy atom. The van der Waals surface area contributed by atoms with Crippen molar-refractivity contribution in [1.82, 2.24) is 19.9 Å². The third kappa shape index (κ3) is 7.61. The Labute approximate surface area is 343 Å². The van der Waals surface area contributed by atoms with Crippen LogP contribution in [-0.2, 0) is 30.4 Å². The minimum Gasteiger partial charge on any atom is -0.355 e. The average Bonchev–Trinajstić information content (AvgIpc) is 4.04. The van der Waals surface area contributed by atoms with Gasteiger partial charge >= 0.3 is 0 Å². The van der Waals surface area contributed by atoms with Crippen LogP contribution in [0.15, 0.2) is 142 Å². The molecule has 13 nitrogen and oxygen atoms in total. The number of fused-ring (bicyclic) bond motifs is 8. The maximum atomic E-state index is 12.2. The fourth-order valence-corrected chi connectivity index (χ4v) is 8.78. The molecule has 5 heterocycles. The third-order valence-electron chi connectivity index (χ3n) is 10.0. The summed E-state index contributed by atoms with van der Waals surface area (Å²) in [6.45, 7) is 0. The Kier molecular flexibility index (Phi) is 9.35. The lowest BCUT2D eigenvalue weighted by atomic mass is 9.82. The minimum atomic E-state index is -4.59. The van der Waals surface area contributed by atoms with Crippen LogP contribution in [0.5, 0.6) is 0 Å². The van der Waals surface area contributed by atoms with Crippen molar-refractivity contribution in [3.63, 3.8) is 0 Å². The summed E-state index contributed by atoms with van der Waals surface area (Å²) in [6.07, 6.45) is 7.57. The molecule has 0 radical (unpaired) electrons. The van der Waals surface area contributed by atoms with Gasteiger partial charge in [-0.2, -0.15) is 25.3 Å². The predicted octanol–water partition coefficient (Wildman–Crippen LogP) is 9.06. The summed E-state index contributed by atoms with van der Waals surface area (Å²) in [5.74, 6) is 0. The summed E-state index contributed by atoms with van der Waals surface area (Å²) in [5.41, 5.74) is 9.92. The van der Waals surface area contributed by atoms with E-state index in [-0.39, 0.29) is 14.7 Å². The van der Waals surface area contributed by atoms with E-state index in [0.717, 1.165) is 27.9 Å². The van der Waals surface area contributed by atoms with Crippen LogP contribution >= 0.6 is 0 Å². The highest BCUT2D eigenvalue weighted by Gasteiger charge is 2.24. The van der Waals surface area contributed by atoms with E-state index in [1.165, 1.54) is 72.8 Å². The van der Waals surface area contributed by atoms with Crippen molar-refractivity contribution in [2.45, 2.75) is 14.7 Å². The first kappa shape index (κ1) is 38.7. The van der Waals surface area contributed by atoms with E-state index >= 15 is 0 Å². The van der Waals surface area contributed by atoms with Crippen LogP contribution in [0.2, 0.25) is 0 Å². The molecule has 7 aromatic rings. The zero-order chi connectivity index (χ0) is 42.0. The Morgan fingerprint density at radius 3 is 1.28 bits per heavy atom. The molecule has 2 aliphatic heterocycles. The predicted molar refractivity (Wildman–Crippen MR) is 230 cm³/mol. The molecule has 5 N–H and O–H groups in total. The Bertz CT molecular complexity index is 3480. The Balaban J connectivity index is 1.42. The van der Waals surface area contributed by atoms with Crippen molar-refractivity contribution >= 4 is 76.7 Å². The van der Waals surface area contributed by atoms with Gasteiger partial charge in [-0.1, -0.05) is 48.5 Å². The van der Waals surface area contributed by atoms with E-state index in [2.05, 4.69) is 9.97 Å². The molecular formula is C44H30N4O9S3. The number of aromatic amines is 2. The molecule has 8 bridgehead atoms. The van der Waals surface area contributed by atoms with Crippen molar-refractivity contribution in [2.75, 3.05) is 0 Å². The summed E-state index contributed by atoms with van der Waals surface area (Å²) in [6, 6.07) is 33.7. The van der Waals surface area contributed by atoms with Gasteiger partial charge in [-0.15, -0.1) is 0 Å². The van der Waals surface area contributed by atoms with Gasteiger partial charge in [0.1, 0.15) is 0 Å². The van der Waals surface area contributed by atoms with Crippen LogP contribution in [0.4, 0.5) is 0 Å². The Hall–Kier alpha value is -6.79. The molecule has 0 atom stereocenters. The molecule has 16 heteroatoms. The van der Waals surface area contributed by atoms with Gasteiger partial charge in [-0.05, 0) is 142 Å². The number of aromatic nitrogens is 4. The molecule has 0 saturated carbocycles. The highest BCUT2D eigenvalue weighted by molar-refractivity contribution is 7.86. The summed E-state index contributed by atoms with van der Waals surface area (Å²) in [4.78, 5) is 15.7. The van der Waals surface area contributed by atoms with Gasteiger partial charge in [0.2, 0.25) is 0 Å². The highest BCUT2D eigenvalue weighted by Crippen LogP contribution is 2.47. The lowest BCUT2D eigenvalue weighted by molar-refractivity contribution is 0.481. The van der Waals surface area contributed by atoms with E-state index in [1.54, 1.807) is 0 Å². The quantitative estimate of drug-likeness (QED) is 0.0952. The summed E-state index contributed by atoms with van der Waals surface area (Å²) in [7, 11) is -13.7. The van der Waals surface area contributed by atoms with Gasteiger partial charge in [-0.25, -0.2) is 9.97 Å². The number of benzene rings is 4. The molecule has 2 aliphatic rings. The molecule has 3 aromatic heterocycles. The smallest absolute Gasteiger partial charge is 0.294 e. The molecule has 0 amide bonds. The average molecular weight is 855 g/mol. The topological polar surface area (TPSA) is 220 Å². The minimum absolute atomic E-state index is 0.333. The van der Waals surface area contributed by atoms with E-state index in [0.29, 0.717) is 61.4 Å². The van der Waals surface area contributed by atoms with Crippen LogP contribution in [0.3, 0.4) is 0 Å². The molecule has 0 saturated heterocycles. The van der Waals surface area contributed by atoms with E-state index in [1.807, 2.05) is 78.9 Å². The maximum Gasteiger partial charge on any atom is 0.294 e. The van der Waals surface area contributed by atoms with Crippen molar-refractivity contribution in [2.24, 2.45) is 0 Å². The van der Waals surface area contributed by atoms with Gasteiger partial charge in [-0.3, -0.25) is 13.7 Å². The fourth-order valence-electron chi connectivity index (χ4n) is 7.34. The van der Waals surface area contributed by atoms with Crippen molar-refractivity contribution in [3.05, 3.63) is 150 Å². The lowest BCUT2D eigenvalue weighted by Crippen LogP contribution is -2.00. The SMILES string of the molecule is O=S(=O)(O)c1ccc(-c2ccc(-c3c4nc(cc5ccc(cc6nc(cc7ccc3[nH]7)C=C6)[nH]5)C=C4)c(-c3ccc(S(=O)(=O)O)cc3)c2-c2ccc(S(=O)(=O)O)cc2)cc1. The standard InChI is InChI=1S/C44H30N4O9S3/c49-58(50,51)35-13-1-26(2-14-35)38-19-20-39(43(28-5-17-37(18-6-28)60(55,56)57)42(38)27-3-15-36(16-4-27)59(52,53)54)44-40-21-11-33(47-40)24-31-9-7-29(45-31)23-30-8-10-32(46-30)25-34-12-22-41(44)48-34/h1-25,45,48H,(H,49,50,51)(H,52,53,54)(H,55,56,57). The van der Waals surface area contributed by atoms with Crippen LogP contribution in [0, 0.1) is 0 Å². The second kappa shape index (κ2) is 14.5. The monoisotopic (exact) mass is 854 g/mol. The first-order chi connectivity index (χ1) is 28.6. The summed E-state index contributed by atoms with van der Waals surface area (Å²) < 4.78 is 102. The maximum absolute atomic E-state index is 12.2. The molecule has 0 aliphatic carbocycles.